The Hall–Kier alpha value is -3.33. The van der Waals surface area contributed by atoms with Crippen molar-refractivity contribution in [2.45, 2.75) is 20.0 Å². The van der Waals surface area contributed by atoms with E-state index >= 15 is 0 Å². The molecule has 0 aliphatic rings. The van der Waals surface area contributed by atoms with Gasteiger partial charge in [0.25, 0.3) is 5.56 Å². The Bertz CT molecular complexity index is 1120. The molecule has 1 heterocycles. The summed E-state index contributed by atoms with van der Waals surface area (Å²) in [5.41, 5.74) is 0.750. The van der Waals surface area contributed by atoms with Crippen molar-refractivity contribution < 1.29 is 13.2 Å². The Kier molecular flexibility index (Phi) is 4.63. The van der Waals surface area contributed by atoms with Gasteiger partial charge in [0, 0.05) is 16.8 Å². The van der Waals surface area contributed by atoms with Crippen molar-refractivity contribution >= 4 is 0 Å². The van der Waals surface area contributed by atoms with Gasteiger partial charge in [0.05, 0.1) is 5.56 Å². The molecule has 0 spiro atoms. The predicted molar refractivity (Wildman–Crippen MR) is 97.1 cm³/mol. The van der Waals surface area contributed by atoms with Crippen molar-refractivity contribution in [3.8, 4) is 28.5 Å². The Balaban J connectivity index is 2.34. The number of hydrogen-bond donors (Lipinski definition) is 1. The van der Waals surface area contributed by atoms with E-state index in [1.54, 1.807) is 12.1 Å². The van der Waals surface area contributed by atoms with E-state index in [0.29, 0.717) is 11.3 Å². The maximum Gasteiger partial charge on any atom is 0.417 e. The van der Waals surface area contributed by atoms with Crippen molar-refractivity contribution in [2.75, 3.05) is 0 Å². The maximum atomic E-state index is 13.4. The third-order valence-corrected chi connectivity index (χ3v) is 4.34. The van der Waals surface area contributed by atoms with E-state index < -0.39 is 17.3 Å². The summed E-state index contributed by atoms with van der Waals surface area (Å²) < 4.78 is 40.3. The van der Waals surface area contributed by atoms with Crippen LogP contribution in [0, 0.1) is 25.2 Å². The smallest absolute Gasteiger partial charge is 0.321 e. The molecule has 0 bridgehead atoms. The van der Waals surface area contributed by atoms with Gasteiger partial charge in [-0.25, -0.2) is 0 Å². The lowest BCUT2D eigenvalue weighted by Crippen LogP contribution is -2.15. The first-order valence-corrected chi connectivity index (χ1v) is 8.14. The van der Waals surface area contributed by atoms with Gasteiger partial charge < -0.3 is 4.98 Å². The molecule has 6 heteroatoms. The molecule has 0 amide bonds. The molecular formula is C21H15F3N2O. The molecule has 3 aromatic rings. The van der Waals surface area contributed by atoms with Crippen molar-refractivity contribution in [2.24, 2.45) is 0 Å². The first-order valence-electron chi connectivity index (χ1n) is 8.14. The summed E-state index contributed by atoms with van der Waals surface area (Å²) in [5.74, 6) is 0. The van der Waals surface area contributed by atoms with Crippen LogP contribution in [0.4, 0.5) is 13.2 Å². The van der Waals surface area contributed by atoms with Crippen LogP contribution in [0.15, 0.2) is 53.3 Å². The number of nitrogens with one attached hydrogen (secondary N) is 1. The Morgan fingerprint density at radius 2 is 1.67 bits per heavy atom. The third-order valence-electron chi connectivity index (χ3n) is 4.34. The second-order valence-electron chi connectivity index (χ2n) is 6.27. The molecule has 3 nitrogen and oxygen atoms in total. The number of hydrogen-bond acceptors (Lipinski definition) is 2. The zero-order valence-electron chi connectivity index (χ0n) is 14.6. The fraction of sp³-hybridized carbons (Fsp3) is 0.143. The minimum absolute atomic E-state index is 0.0378. The van der Waals surface area contributed by atoms with Gasteiger partial charge in [-0.2, -0.15) is 18.4 Å². The van der Waals surface area contributed by atoms with Gasteiger partial charge >= 0.3 is 6.18 Å². The lowest BCUT2D eigenvalue weighted by atomic mass is 9.94. The highest BCUT2D eigenvalue weighted by Crippen LogP contribution is 2.38. The molecule has 0 radical (unpaired) electrons. The number of rotatable bonds is 2. The normalized spacial score (nSPS) is 11.3. The lowest BCUT2D eigenvalue weighted by Gasteiger charge is -2.15. The minimum Gasteiger partial charge on any atom is -0.321 e. The zero-order chi connectivity index (χ0) is 19.8. The Morgan fingerprint density at radius 3 is 2.30 bits per heavy atom. The fourth-order valence-electron chi connectivity index (χ4n) is 3.11. The van der Waals surface area contributed by atoms with E-state index in [2.05, 4.69) is 4.98 Å². The van der Waals surface area contributed by atoms with E-state index in [1.165, 1.54) is 24.3 Å². The van der Waals surface area contributed by atoms with Crippen LogP contribution in [0.1, 0.15) is 22.3 Å². The van der Waals surface area contributed by atoms with Crippen LogP contribution in [0.3, 0.4) is 0 Å². The molecule has 0 aliphatic heterocycles. The molecular weight excluding hydrogens is 353 g/mol. The number of benzene rings is 2. The molecule has 0 aliphatic carbocycles. The second-order valence-corrected chi connectivity index (χ2v) is 6.27. The Morgan fingerprint density at radius 1 is 0.963 bits per heavy atom. The van der Waals surface area contributed by atoms with Crippen LogP contribution in [-0.4, -0.2) is 4.98 Å². The molecule has 136 valence electrons. The molecule has 0 unspecified atom stereocenters. The molecule has 0 fully saturated rings. The molecule has 0 atom stereocenters. The number of aryl methyl sites for hydroxylation is 2. The maximum absolute atomic E-state index is 13.4. The topological polar surface area (TPSA) is 56.6 Å². The molecule has 3 rings (SSSR count). The number of aromatic nitrogens is 1. The van der Waals surface area contributed by atoms with Crippen LogP contribution < -0.4 is 5.56 Å². The number of nitriles is 1. The summed E-state index contributed by atoms with van der Waals surface area (Å²) >= 11 is 0. The fourth-order valence-corrected chi connectivity index (χ4v) is 3.11. The van der Waals surface area contributed by atoms with Crippen molar-refractivity contribution in [3.63, 3.8) is 0 Å². The van der Waals surface area contributed by atoms with E-state index in [-0.39, 0.29) is 16.7 Å². The van der Waals surface area contributed by atoms with Gasteiger partial charge in [-0.1, -0.05) is 42.0 Å². The number of aromatic amines is 1. The second kappa shape index (κ2) is 6.76. The van der Waals surface area contributed by atoms with E-state index in [1.807, 2.05) is 26.0 Å². The highest BCUT2D eigenvalue weighted by molar-refractivity contribution is 5.78. The van der Waals surface area contributed by atoms with Gasteiger partial charge in [0.15, 0.2) is 0 Å². The number of pyridine rings is 1. The van der Waals surface area contributed by atoms with E-state index in [4.69, 9.17) is 0 Å². The Labute approximate surface area is 153 Å². The summed E-state index contributed by atoms with van der Waals surface area (Å²) in [6.45, 7) is 3.77. The van der Waals surface area contributed by atoms with Crippen LogP contribution in [0.5, 0.6) is 0 Å². The quantitative estimate of drug-likeness (QED) is 0.674. The molecule has 0 saturated heterocycles. The van der Waals surface area contributed by atoms with Gasteiger partial charge in [-0.3, -0.25) is 4.79 Å². The average Bonchev–Trinajstić information content (AvgIpc) is 2.60. The highest BCUT2D eigenvalue weighted by atomic mass is 19.4. The summed E-state index contributed by atoms with van der Waals surface area (Å²) in [6.07, 6.45) is -4.61. The van der Waals surface area contributed by atoms with Gasteiger partial charge in [0.1, 0.15) is 11.6 Å². The molecule has 2 aromatic carbocycles. The molecule has 27 heavy (non-hydrogen) atoms. The van der Waals surface area contributed by atoms with Crippen molar-refractivity contribution in [3.05, 3.63) is 81.1 Å². The summed E-state index contributed by atoms with van der Waals surface area (Å²) in [6, 6.07) is 13.6. The average molecular weight is 368 g/mol. The van der Waals surface area contributed by atoms with Gasteiger partial charge in [0.2, 0.25) is 0 Å². The monoisotopic (exact) mass is 368 g/mol. The number of H-pyrrole nitrogens is 1. The first-order chi connectivity index (χ1) is 12.7. The first kappa shape index (κ1) is 18.5. The number of halogens is 3. The summed E-state index contributed by atoms with van der Waals surface area (Å²) in [5, 5.41) is 9.36. The van der Waals surface area contributed by atoms with E-state index in [9.17, 15) is 23.2 Å². The standard InChI is InChI=1S/C21H15F3N2O/c1-12-7-8-14(13(2)9-12)19-10-16(17(11-25)20(27)26-19)15-5-3-4-6-18(15)21(22,23)24/h3-10H,1-2H3,(H,26,27). The van der Waals surface area contributed by atoms with Crippen LogP contribution >= 0.6 is 0 Å². The molecule has 1 N–H and O–H groups in total. The van der Waals surface area contributed by atoms with Gasteiger partial charge in [-0.05, 0) is 37.1 Å². The lowest BCUT2D eigenvalue weighted by molar-refractivity contribution is -0.137. The van der Waals surface area contributed by atoms with Crippen molar-refractivity contribution in [1.29, 1.82) is 5.26 Å². The van der Waals surface area contributed by atoms with Crippen LogP contribution in [-0.2, 0) is 6.18 Å². The SMILES string of the molecule is Cc1ccc(-c2cc(-c3ccccc3C(F)(F)F)c(C#N)c(=O)[nH]2)c(C)c1. The highest BCUT2D eigenvalue weighted by Gasteiger charge is 2.34. The van der Waals surface area contributed by atoms with E-state index in [0.717, 1.165) is 17.2 Å². The number of alkyl halides is 3. The predicted octanol–water partition coefficient (Wildman–Crippen LogP) is 5.22. The van der Waals surface area contributed by atoms with Crippen LogP contribution in [0.2, 0.25) is 0 Å². The minimum atomic E-state index is -4.61. The van der Waals surface area contributed by atoms with Crippen molar-refractivity contribution in [1.82, 2.24) is 4.98 Å². The van der Waals surface area contributed by atoms with Gasteiger partial charge in [-0.15, -0.1) is 0 Å². The molecule has 0 saturated carbocycles. The van der Waals surface area contributed by atoms with Crippen LogP contribution in [0.25, 0.3) is 22.4 Å². The number of nitrogens with zero attached hydrogens (tertiary/aromatic N) is 1. The summed E-state index contributed by atoms with van der Waals surface area (Å²) in [4.78, 5) is 15.0. The summed E-state index contributed by atoms with van der Waals surface area (Å²) in [7, 11) is 0. The zero-order valence-corrected chi connectivity index (χ0v) is 14.6. The molecule has 1 aromatic heterocycles. The third kappa shape index (κ3) is 3.49. The largest absolute Gasteiger partial charge is 0.417 e.